The van der Waals surface area contributed by atoms with Crippen LogP contribution in [0.2, 0.25) is 0 Å². The first-order chi connectivity index (χ1) is 12.1. The van der Waals surface area contributed by atoms with Gasteiger partial charge in [0, 0.05) is 0 Å². The number of urea groups is 1. The molecule has 0 unspecified atom stereocenters. The number of azo groups is 1. The SMILES string of the molecule is O=C(N=Nc1ccccc1)N(c1ccccc1)N(S(=O)(=O)O)S(=O)(=O)O. The van der Waals surface area contributed by atoms with Crippen molar-refractivity contribution in [2.75, 3.05) is 5.01 Å². The minimum atomic E-state index is -5.60. The number of carbonyl (C=O) groups excluding carboxylic acids is 1. The summed E-state index contributed by atoms with van der Waals surface area (Å²) in [4.78, 5) is 12.3. The number of amides is 2. The van der Waals surface area contributed by atoms with Crippen molar-refractivity contribution in [3.63, 3.8) is 0 Å². The summed E-state index contributed by atoms with van der Waals surface area (Å²) in [5.74, 6) is 0. The average molecular weight is 400 g/mol. The van der Waals surface area contributed by atoms with Crippen molar-refractivity contribution >= 4 is 38.0 Å². The Morgan fingerprint density at radius 2 is 1.27 bits per heavy atom. The van der Waals surface area contributed by atoms with Gasteiger partial charge in [0.15, 0.2) is 0 Å². The van der Waals surface area contributed by atoms with Crippen molar-refractivity contribution < 1.29 is 30.7 Å². The zero-order valence-electron chi connectivity index (χ0n) is 12.8. The van der Waals surface area contributed by atoms with Crippen molar-refractivity contribution in [2.45, 2.75) is 0 Å². The molecule has 0 aliphatic rings. The number of anilines is 1. The van der Waals surface area contributed by atoms with Crippen LogP contribution in [0.15, 0.2) is 70.9 Å². The molecule has 11 nitrogen and oxygen atoms in total. The molecule has 2 N–H and O–H groups in total. The van der Waals surface area contributed by atoms with E-state index in [2.05, 4.69) is 10.2 Å². The highest BCUT2D eigenvalue weighted by atomic mass is 32.3. The van der Waals surface area contributed by atoms with Gasteiger partial charge in [-0.2, -0.15) is 21.8 Å². The van der Waals surface area contributed by atoms with Gasteiger partial charge in [-0.1, -0.05) is 41.5 Å². The number of para-hydroxylation sites is 1. The molecule has 2 amide bonds. The summed E-state index contributed by atoms with van der Waals surface area (Å²) in [6.07, 6.45) is 0. The van der Waals surface area contributed by atoms with Gasteiger partial charge in [-0.05, 0) is 24.3 Å². The van der Waals surface area contributed by atoms with Gasteiger partial charge in [-0.3, -0.25) is 9.11 Å². The Morgan fingerprint density at radius 1 is 0.808 bits per heavy atom. The van der Waals surface area contributed by atoms with E-state index in [1.807, 2.05) is 0 Å². The summed E-state index contributed by atoms with van der Waals surface area (Å²) >= 11 is 0. The molecule has 0 aromatic heterocycles. The molecule has 2 aromatic rings. The Balaban J connectivity index is 2.54. The fourth-order valence-corrected chi connectivity index (χ4v) is 3.50. The molecule has 2 rings (SSSR count). The van der Waals surface area contributed by atoms with Crippen LogP contribution in [0.1, 0.15) is 0 Å². The molecule has 0 saturated carbocycles. The van der Waals surface area contributed by atoms with Crippen molar-refractivity contribution in [3.8, 4) is 0 Å². The summed E-state index contributed by atoms with van der Waals surface area (Å²) in [5.41, 5.74) is -0.0983. The largest absolute Gasteiger partial charge is 0.383 e. The fourth-order valence-electron chi connectivity index (χ4n) is 1.81. The summed E-state index contributed by atoms with van der Waals surface area (Å²) in [6.45, 7) is 0. The van der Waals surface area contributed by atoms with E-state index in [0.29, 0.717) is 0 Å². The molecular formula is C13H12N4O7S2. The molecule has 0 heterocycles. The van der Waals surface area contributed by atoms with Gasteiger partial charge in [0.2, 0.25) is 0 Å². The van der Waals surface area contributed by atoms with Crippen LogP contribution in [-0.2, 0) is 20.6 Å². The molecule has 0 aliphatic heterocycles. The van der Waals surface area contributed by atoms with Crippen LogP contribution >= 0.6 is 0 Å². The lowest BCUT2D eigenvalue weighted by Crippen LogP contribution is -2.51. The first-order valence-corrected chi connectivity index (χ1v) is 9.51. The summed E-state index contributed by atoms with van der Waals surface area (Å²) in [6, 6.07) is 12.8. The third-order valence-electron chi connectivity index (χ3n) is 2.75. The second-order valence-corrected chi connectivity index (χ2v) is 7.31. The molecule has 26 heavy (non-hydrogen) atoms. The van der Waals surface area contributed by atoms with E-state index < -0.39 is 30.5 Å². The highest BCUT2D eigenvalue weighted by Gasteiger charge is 2.41. The maximum atomic E-state index is 12.3. The molecule has 138 valence electrons. The second-order valence-electron chi connectivity index (χ2n) is 4.60. The molecule has 0 radical (unpaired) electrons. The average Bonchev–Trinajstić information content (AvgIpc) is 2.57. The predicted molar refractivity (Wildman–Crippen MR) is 90.2 cm³/mol. The van der Waals surface area contributed by atoms with E-state index in [4.69, 9.17) is 0 Å². The van der Waals surface area contributed by atoms with E-state index in [-0.39, 0.29) is 16.4 Å². The van der Waals surface area contributed by atoms with Crippen molar-refractivity contribution in [1.29, 1.82) is 0 Å². The second kappa shape index (κ2) is 7.67. The van der Waals surface area contributed by atoms with Crippen molar-refractivity contribution in [1.82, 2.24) is 3.82 Å². The fraction of sp³-hybridized carbons (Fsp3) is 0. The van der Waals surface area contributed by atoms with Crippen LogP contribution in [0.25, 0.3) is 0 Å². The summed E-state index contributed by atoms with van der Waals surface area (Å²) in [7, 11) is -11.2. The van der Waals surface area contributed by atoms with Crippen LogP contribution in [0.5, 0.6) is 0 Å². The Morgan fingerprint density at radius 3 is 1.73 bits per heavy atom. The molecule has 0 spiro atoms. The van der Waals surface area contributed by atoms with Crippen LogP contribution in [0.3, 0.4) is 0 Å². The maximum Gasteiger partial charge on any atom is 0.383 e. The quantitative estimate of drug-likeness (QED) is 0.442. The molecule has 0 fully saturated rings. The van der Waals surface area contributed by atoms with Crippen LogP contribution < -0.4 is 5.01 Å². The van der Waals surface area contributed by atoms with Gasteiger partial charge >= 0.3 is 26.6 Å². The number of hydrazine groups is 1. The molecular weight excluding hydrogens is 388 g/mol. The molecule has 2 aromatic carbocycles. The van der Waals surface area contributed by atoms with E-state index in [1.165, 1.54) is 30.3 Å². The Kier molecular flexibility index (Phi) is 5.79. The van der Waals surface area contributed by atoms with Gasteiger partial charge in [-0.25, -0.2) is 4.79 Å². The standard InChI is InChI=1S/C13H12N4O7S2/c18-13(15-14-11-7-3-1-4-8-11)16(12-9-5-2-6-10-12)17(25(19,20)21)26(22,23)24/h1-10H,(H,19,20,21)(H,22,23,24). The molecule has 0 aliphatic carbocycles. The van der Waals surface area contributed by atoms with Crippen LogP contribution in [-0.4, -0.2) is 35.8 Å². The maximum absolute atomic E-state index is 12.3. The van der Waals surface area contributed by atoms with Crippen LogP contribution in [0, 0.1) is 0 Å². The van der Waals surface area contributed by atoms with E-state index in [1.54, 1.807) is 18.2 Å². The molecule has 0 saturated heterocycles. The first kappa shape index (κ1) is 19.6. The minimum Gasteiger partial charge on any atom is -0.271 e. The van der Waals surface area contributed by atoms with Gasteiger partial charge in [0.05, 0.1) is 15.2 Å². The first-order valence-electron chi connectivity index (χ1n) is 6.72. The lowest BCUT2D eigenvalue weighted by Gasteiger charge is -2.26. The van der Waals surface area contributed by atoms with Gasteiger partial charge < -0.3 is 0 Å². The Labute approximate surface area is 148 Å². The number of benzene rings is 2. The summed E-state index contributed by atoms with van der Waals surface area (Å²) < 4.78 is 63.2. The van der Waals surface area contributed by atoms with Gasteiger partial charge in [-0.15, -0.1) is 5.11 Å². The minimum absolute atomic E-state index is 0.0584. The number of rotatable bonds is 5. The topological polar surface area (TPSA) is 157 Å². The van der Waals surface area contributed by atoms with Crippen molar-refractivity contribution in [2.24, 2.45) is 10.2 Å². The number of hydrogen-bond donors (Lipinski definition) is 2. The lowest BCUT2D eigenvalue weighted by molar-refractivity contribution is 0.245. The Bertz CT molecular complexity index is 977. The molecule has 0 atom stereocenters. The number of hydrogen-bond acceptors (Lipinski definition) is 6. The van der Waals surface area contributed by atoms with E-state index in [9.17, 15) is 30.7 Å². The number of nitrogens with zero attached hydrogens (tertiary/aromatic N) is 4. The third-order valence-corrected chi connectivity index (χ3v) is 4.99. The van der Waals surface area contributed by atoms with Crippen LogP contribution in [0.4, 0.5) is 16.2 Å². The Hall–Kier alpha value is -2.71. The van der Waals surface area contributed by atoms with Gasteiger partial charge in [0.25, 0.3) is 0 Å². The molecule has 0 bridgehead atoms. The highest BCUT2D eigenvalue weighted by Crippen LogP contribution is 2.22. The monoisotopic (exact) mass is 400 g/mol. The predicted octanol–water partition coefficient (Wildman–Crippen LogP) is 2.22. The zero-order chi connectivity index (χ0) is 19.4. The normalized spacial score (nSPS) is 12.4. The smallest absolute Gasteiger partial charge is 0.271 e. The zero-order valence-corrected chi connectivity index (χ0v) is 14.4. The van der Waals surface area contributed by atoms with Crippen molar-refractivity contribution in [3.05, 3.63) is 60.7 Å². The third kappa shape index (κ3) is 4.90. The van der Waals surface area contributed by atoms with E-state index in [0.717, 1.165) is 12.1 Å². The van der Waals surface area contributed by atoms with Gasteiger partial charge in [0.1, 0.15) is 0 Å². The highest BCUT2D eigenvalue weighted by molar-refractivity contribution is 7.98. The lowest BCUT2D eigenvalue weighted by atomic mass is 10.3. The molecule has 13 heteroatoms. The van der Waals surface area contributed by atoms with E-state index >= 15 is 0 Å². The summed E-state index contributed by atoms with van der Waals surface area (Å²) in [5, 5.41) is 6.73. The number of carbonyl (C=O) groups is 1.